The Morgan fingerprint density at radius 3 is 2.15 bits per heavy atom. The van der Waals surface area contributed by atoms with Crippen molar-refractivity contribution < 1.29 is 23.5 Å². The van der Waals surface area contributed by atoms with Crippen molar-refractivity contribution in [2.24, 2.45) is 50.2 Å². The molecule has 8 atom stereocenters. The standard InChI is InChI=1S/C64H87N4O5/c1-13-65(14-2)43-21-23-47-51(39-43)73-52-40-44(66(15-3)16-4)22-24-48(52)56(47)45-19-17-18-20-46(45)57(70)67-35-37-68(38-36-67)58(71)64-33-31-59(6,7)41-50(64)49-25-26-54-61(10)29-28-55(72-42(5)69)60(8,9)53(61)27-30-63(54,12)62(49,11)32-34-64/h17-25,39-40,50,53-55H,13-16,26-38,41H2,1-12H3/q+1/t50-,53-,54+,55-,61-,62+,63+,64-/m0/s1. The normalized spacial score (nSPS) is 31.4. The molecule has 392 valence electrons. The molecule has 2 aliphatic heterocycles. The first-order valence-electron chi connectivity index (χ1n) is 28.6. The maximum absolute atomic E-state index is 15.7. The third kappa shape index (κ3) is 8.12. The molecular formula is C64H87N4O5+. The zero-order valence-corrected chi connectivity index (χ0v) is 46.7. The molecule has 10 rings (SSSR count). The van der Waals surface area contributed by atoms with Crippen LogP contribution in [0.5, 0.6) is 0 Å². The monoisotopic (exact) mass is 992 g/mol. The molecule has 1 saturated heterocycles. The zero-order valence-electron chi connectivity index (χ0n) is 46.7. The van der Waals surface area contributed by atoms with Gasteiger partial charge in [-0.2, -0.15) is 0 Å². The fourth-order valence-corrected chi connectivity index (χ4v) is 17.2. The van der Waals surface area contributed by atoms with Gasteiger partial charge in [0.2, 0.25) is 11.3 Å². The second-order valence-corrected chi connectivity index (χ2v) is 25.6. The van der Waals surface area contributed by atoms with E-state index in [1.54, 1.807) is 12.5 Å². The van der Waals surface area contributed by atoms with Gasteiger partial charge in [-0.15, -0.1) is 0 Å². The van der Waals surface area contributed by atoms with E-state index in [2.05, 4.69) is 139 Å². The Bertz CT molecular complexity index is 2870. The minimum atomic E-state index is -0.426. The van der Waals surface area contributed by atoms with Crippen molar-refractivity contribution in [1.82, 2.24) is 14.4 Å². The number of hydrogen-bond donors (Lipinski definition) is 0. The number of esters is 1. The van der Waals surface area contributed by atoms with Crippen LogP contribution in [-0.2, 0) is 14.3 Å². The summed E-state index contributed by atoms with van der Waals surface area (Å²) in [6, 6.07) is 21.2. The first-order chi connectivity index (χ1) is 34.7. The quantitative estimate of drug-likeness (QED) is 0.0719. The summed E-state index contributed by atoms with van der Waals surface area (Å²) >= 11 is 0. The van der Waals surface area contributed by atoms with E-state index in [1.807, 2.05) is 23.1 Å². The van der Waals surface area contributed by atoms with E-state index in [1.165, 1.54) is 6.42 Å². The Kier molecular flexibility index (Phi) is 13.2. The first-order valence-corrected chi connectivity index (χ1v) is 28.6. The van der Waals surface area contributed by atoms with Gasteiger partial charge in [0, 0.05) is 91.5 Å². The van der Waals surface area contributed by atoms with Gasteiger partial charge in [0.05, 0.1) is 11.5 Å². The topological polar surface area (TPSA) is 86.3 Å². The number of piperazine rings is 1. The SMILES string of the molecule is CCN(CC)c1ccc2c(-c3ccccc3C(=O)N3CCN(C(=O)[C@]45CCC(C)(C)C[C@H]4C4=CC[C@@H]6[C@@]7(C)CC[C@H](OC(C)=O)C(C)(C)[C@@H]7CC[C@@]6(C)[C@]4(C)CC5)CC3)c3ccc(=[N+](CC)CC)cc-3oc2c1. The van der Waals surface area contributed by atoms with Crippen molar-refractivity contribution in [3.8, 4) is 22.5 Å². The number of fused-ring (bicyclic) bond motifs is 9. The van der Waals surface area contributed by atoms with Gasteiger partial charge in [0.25, 0.3) is 5.91 Å². The number of ether oxygens (including phenoxy) is 1. The van der Waals surface area contributed by atoms with Gasteiger partial charge >= 0.3 is 5.97 Å². The van der Waals surface area contributed by atoms with E-state index < -0.39 is 5.41 Å². The number of amides is 2. The molecule has 2 amide bonds. The highest BCUT2D eigenvalue weighted by atomic mass is 16.5. The summed E-state index contributed by atoms with van der Waals surface area (Å²) in [5, 5.41) is 2.10. The molecule has 73 heavy (non-hydrogen) atoms. The Labute approximate surface area is 437 Å². The molecule has 0 N–H and O–H groups in total. The predicted octanol–water partition coefficient (Wildman–Crippen LogP) is 12.9. The second kappa shape index (κ2) is 18.7. The van der Waals surface area contributed by atoms with Gasteiger partial charge in [0.15, 0.2) is 0 Å². The maximum atomic E-state index is 15.7. The Morgan fingerprint density at radius 1 is 0.753 bits per heavy atom. The Hall–Kier alpha value is -4.92. The molecule has 5 fully saturated rings. The minimum Gasteiger partial charge on any atom is -0.462 e. The van der Waals surface area contributed by atoms with Crippen LogP contribution in [0.25, 0.3) is 33.4 Å². The Morgan fingerprint density at radius 2 is 1.45 bits per heavy atom. The third-order valence-corrected chi connectivity index (χ3v) is 21.5. The molecule has 0 spiro atoms. The molecule has 6 aliphatic carbocycles. The molecular weight excluding hydrogens is 905 g/mol. The van der Waals surface area contributed by atoms with E-state index in [9.17, 15) is 4.79 Å². The largest absolute Gasteiger partial charge is 0.462 e. The van der Waals surface area contributed by atoms with Crippen LogP contribution in [0.1, 0.15) is 158 Å². The van der Waals surface area contributed by atoms with Crippen LogP contribution in [0.15, 0.2) is 76.7 Å². The molecule has 0 radical (unpaired) electrons. The minimum absolute atomic E-state index is 0.00590. The molecule has 9 heteroatoms. The highest BCUT2D eigenvalue weighted by molar-refractivity contribution is 6.09. The lowest BCUT2D eigenvalue weighted by Gasteiger charge is -2.71. The second-order valence-electron chi connectivity index (χ2n) is 25.6. The summed E-state index contributed by atoms with van der Waals surface area (Å²) in [6.45, 7) is 33.4. The third-order valence-electron chi connectivity index (χ3n) is 21.5. The molecule has 0 aromatic heterocycles. The van der Waals surface area contributed by atoms with Crippen molar-refractivity contribution >= 4 is 34.4 Å². The molecule has 0 bridgehead atoms. The van der Waals surface area contributed by atoms with Gasteiger partial charge in [-0.1, -0.05) is 78.3 Å². The number of carbonyl (C=O) groups excluding carboxylic acids is 3. The lowest BCUT2D eigenvalue weighted by atomic mass is 9.33. The van der Waals surface area contributed by atoms with Gasteiger partial charge < -0.3 is 23.9 Å². The number of nitrogens with zero attached hydrogens (tertiary/aromatic N) is 4. The number of hydrogen-bond acceptors (Lipinski definition) is 6. The molecule has 2 heterocycles. The summed E-state index contributed by atoms with van der Waals surface area (Å²) in [7, 11) is 0. The van der Waals surface area contributed by atoms with Gasteiger partial charge in [-0.25, -0.2) is 4.58 Å². The summed E-state index contributed by atoms with van der Waals surface area (Å²) < 4.78 is 15.2. The lowest BCUT2D eigenvalue weighted by molar-refractivity contribution is -0.212. The number of carbonyl (C=O) groups is 3. The maximum Gasteiger partial charge on any atom is 0.302 e. The van der Waals surface area contributed by atoms with Crippen LogP contribution >= 0.6 is 0 Å². The highest BCUT2D eigenvalue weighted by Crippen LogP contribution is 2.76. The van der Waals surface area contributed by atoms with Crippen molar-refractivity contribution in [2.45, 2.75) is 153 Å². The summed E-state index contributed by atoms with van der Waals surface area (Å²) in [4.78, 5) is 49.5. The molecule has 8 aliphatic rings. The van der Waals surface area contributed by atoms with E-state index in [0.717, 1.165) is 128 Å². The zero-order chi connectivity index (χ0) is 52.0. The van der Waals surface area contributed by atoms with E-state index in [4.69, 9.17) is 9.15 Å². The smallest absolute Gasteiger partial charge is 0.302 e. The van der Waals surface area contributed by atoms with E-state index in [0.29, 0.717) is 49.5 Å². The predicted molar refractivity (Wildman–Crippen MR) is 295 cm³/mol. The van der Waals surface area contributed by atoms with Gasteiger partial charge in [0.1, 0.15) is 30.5 Å². The first kappa shape index (κ1) is 51.6. The average molecular weight is 992 g/mol. The Balaban J connectivity index is 0.931. The summed E-state index contributed by atoms with van der Waals surface area (Å²) in [6.07, 6.45) is 13.0. The number of anilines is 1. The number of allylic oxidation sites excluding steroid dienone is 2. The number of benzene rings is 3. The lowest BCUT2D eigenvalue weighted by Crippen LogP contribution is -2.66. The molecule has 2 aromatic carbocycles. The molecule has 0 unspecified atom stereocenters. The van der Waals surface area contributed by atoms with Crippen LogP contribution in [0.3, 0.4) is 0 Å². The fraction of sp³-hybridized carbons (Fsp3) is 0.625. The van der Waals surface area contributed by atoms with Crippen LogP contribution in [-0.4, -0.2) is 86.0 Å². The van der Waals surface area contributed by atoms with Gasteiger partial charge in [-0.05, 0) is 161 Å². The summed E-state index contributed by atoms with van der Waals surface area (Å²) in [5.74, 6) is 2.20. The summed E-state index contributed by atoms with van der Waals surface area (Å²) in [5.41, 5.74) is 6.97. The molecule has 4 saturated carbocycles. The van der Waals surface area contributed by atoms with Crippen molar-refractivity contribution in [3.63, 3.8) is 0 Å². The van der Waals surface area contributed by atoms with Crippen molar-refractivity contribution in [3.05, 3.63) is 83.2 Å². The van der Waals surface area contributed by atoms with E-state index in [-0.39, 0.29) is 51.0 Å². The highest BCUT2D eigenvalue weighted by Gasteiger charge is 2.69. The average Bonchev–Trinajstić information content (AvgIpc) is 3.36. The van der Waals surface area contributed by atoms with Crippen LogP contribution in [0, 0.1) is 50.2 Å². The van der Waals surface area contributed by atoms with Crippen LogP contribution in [0.4, 0.5) is 5.69 Å². The fourth-order valence-electron chi connectivity index (χ4n) is 17.2. The number of rotatable bonds is 9. The van der Waals surface area contributed by atoms with Crippen molar-refractivity contribution in [1.29, 1.82) is 0 Å². The van der Waals surface area contributed by atoms with Crippen LogP contribution in [0.2, 0.25) is 0 Å². The van der Waals surface area contributed by atoms with Crippen LogP contribution < -0.4 is 14.8 Å². The van der Waals surface area contributed by atoms with Crippen molar-refractivity contribution in [2.75, 3.05) is 57.3 Å². The molecule has 9 nitrogen and oxygen atoms in total. The molecule has 2 aromatic rings. The van der Waals surface area contributed by atoms with E-state index >= 15 is 9.59 Å². The van der Waals surface area contributed by atoms with Gasteiger partial charge in [-0.3, -0.25) is 14.4 Å².